The van der Waals surface area contributed by atoms with Gasteiger partial charge in [-0.25, -0.2) is 0 Å². The lowest BCUT2D eigenvalue weighted by molar-refractivity contribution is -0.149. The number of carbonyl (C=O) groups is 1. The lowest BCUT2D eigenvalue weighted by atomic mass is 9.80. The van der Waals surface area contributed by atoms with Gasteiger partial charge in [0.15, 0.2) is 0 Å². The number of thiocarbonyl (C=S) groups is 1. The summed E-state index contributed by atoms with van der Waals surface area (Å²) in [6.07, 6.45) is 2.77. The maximum atomic E-state index is 11.9. The van der Waals surface area contributed by atoms with E-state index in [1.165, 1.54) is 11.3 Å². The smallest absolute Gasteiger partial charge is 0.309 e. The molecule has 5 heteroatoms. The number of fused-ring (bicyclic) bond motifs is 1. The van der Waals surface area contributed by atoms with Gasteiger partial charge in [-0.3, -0.25) is 4.79 Å². The number of ether oxygens (including phenoxy) is 1. The molecule has 0 aromatic heterocycles. The molecular weight excluding hydrogens is 356 g/mol. The number of anilines is 1. The van der Waals surface area contributed by atoms with Crippen LogP contribution in [-0.2, 0) is 9.53 Å². The first-order valence-corrected chi connectivity index (χ1v) is 10.5. The summed E-state index contributed by atoms with van der Waals surface area (Å²) in [5.74, 6) is 0.475. The van der Waals surface area contributed by atoms with E-state index in [1.807, 2.05) is 6.92 Å². The van der Waals surface area contributed by atoms with Gasteiger partial charge in [0.05, 0.1) is 12.5 Å². The van der Waals surface area contributed by atoms with Crippen molar-refractivity contribution in [3.63, 3.8) is 0 Å². The highest BCUT2D eigenvalue weighted by Crippen LogP contribution is 2.42. The molecule has 0 saturated carbocycles. The quantitative estimate of drug-likeness (QED) is 0.567. The topological polar surface area (TPSA) is 32.8 Å². The highest BCUT2D eigenvalue weighted by molar-refractivity contribution is 7.80. The summed E-state index contributed by atoms with van der Waals surface area (Å²) in [5, 5.41) is 0. The molecule has 0 radical (unpaired) electrons. The van der Waals surface area contributed by atoms with E-state index in [1.54, 1.807) is 0 Å². The summed E-state index contributed by atoms with van der Waals surface area (Å²) in [7, 11) is 2.18. The Morgan fingerprint density at radius 2 is 1.96 bits per heavy atom. The second-order valence-corrected chi connectivity index (χ2v) is 8.96. The van der Waals surface area contributed by atoms with Crippen LogP contribution < -0.4 is 4.90 Å². The fourth-order valence-corrected chi connectivity index (χ4v) is 4.78. The number of nitrogens with zero attached hydrogens (tertiary/aromatic N) is 2. The highest BCUT2D eigenvalue weighted by Gasteiger charge is 2.34. The first-order chi connectivity index (χ1) is 12.7. The molecule has 1 atom stereocenters. The van der Waals surface area contributed by atoms with Crippen LogP contribution in [0.5, 0.6) is 0 Å². The van der Waals surface area contributed by atoms with Gasteiger partial charge in [-0.15, -0.1) is 0 Å². The SMILES string of the molecule is CCOC(=O)C1CCN(C(=S)c2ccc3c(c2)[C@@H](C)CC(C)(C)N3C)CC1. The Labute approximate surface area is 168 Å². The standard InChI is InChI=1S/C22H32N2O2S/c1-6-26-21(25)16-9-11-24(12-10-16)20(27)17-7-8-19-18(13-17)15(2)14-22(3,4)23(19)5/h7-8,13,15-16H,6,9-12,14H2,1-5H3/t15-/m0/s1. The van der Waals surface area contributed by atoms with Crippen LogP contribution in [0, 0.1) is 5.92 Å². The van der Waals surface area contributed by atoms with Gasteiger partial charge in [0.2, 0.25) is 0 Å². The van der Waals surface area contributed by atoms with Crippen LogP contribution in [0.4, 0.5) is 5.69 Å². The normalized spacial score (nSPS) is 22.3. The monoisotopic (exact) mass is 388 g/mol. The number of likely N-dealkylation sites (tertiary alicyclic amines) is 1. The zero-order valence-corrected chi connectivity index (χ0v) is 18.1. The fourth-order valence-electron chi connectivity index (χ4n) is 4.47. The predicted molar refractivity (Wildman–Crippen MR) is 115 cm³/mol. The summed E-state index contributed by atoms with van der Waals surface area (Å²) < 4.78 is 5.17. The number of benzene rings is 1. The first kappa shape index (κ1) is 20.1. The highest BCUT2D eigenvalue weighted by atomic mass is 32.1. The number of carbonyl (C=O) groups excluding carboxylic acids is 1. The van der Waals surface area contributed by atoms with Gasteiger partial charge in [0.25, 0.3) is 0 Å². The maximum absolute atomic E-state index is 11.9. The van der Waals surface area contributed by atoms with Crippen LogP contribution >= 0.6 is 12.2 Å². The molecule has 148 valence electrons. The van der Waals surface area contributed by atoms with Crippen molar-refractivity contribution in [2.75, 3.05) is 31.6 Å². The molecule has 0 N–H and O–H groups in total. The molecule has 2 aliphatic rings. The van der Waals surface area contributed by atoms with Gasteiger partial charge in [-0.1, -0.05) is 19.1 Å². The fraction of sp³-hybridized carbons (Fsp3) is 0.636. The van der Waals surface area contributed by atoms with Crippen LogP contribution in [0.2, 0.25) is 0 Å². The molecule has 4 nitrogen and oxygen atoms in total. The molecule has 0 amide bonds. The Morgan fingerprint density at radius 1 is 1.30 bits per heavy atom. The largest absolute Gasteiger partial charge is 0.466 e. The average molecular weight is 389 g/mol. The minimum absolute atomic E-state index is 0.0171. The number of piperidine rings is 1. The minimum Gasteiger partial charge on any atom is -0.466 e. The van der Waals surface area contributed by atoms with Crippen LogP contribution in [-0.4, -0.2) is 48.1 Å². The van der Waals surface area contributed by atoms with Crippen LogP contribution in [0.1, 0.15) is 64.0 Å². The third-order valence-electron chi connectivity index (χ3n) is 6.28. The molecule has 0 aliphatic carbocycles. The Hall–Kier alpha value is -1.62. The van der Waals surface area contributed by atoms with E-state index in [0.29, 0.717) is 12.5 Å². The van der Waals surface area contributed by atoms with Gasteiger partial charge >= 0.3 is 5.97 Å². The molecular formula is C22H32N2O2S. The Morgan fingerprint density at radius 3 is 2.59 bits per heavy atom. The van der Waals surface area contributed by atoms with Crippen molar-refractivity contribution >= 4 is 28.9 Å². The van der Waals surface area contributed by atoms with Crippen molar-refractivity contribution in [2.24, 2.45) is 5.92 Å². The lowest BCUT2D eigenvalue weighted by Crippen LogP contribution is -2.45. The van der Waals surface area contributed by atoms with Crippen LogP contribution in [0.3, 0.4) is 0 Å². The van der Waals surface area contributed by atoms with Crippen molar-refractivity contribution in [1.29, 1.82) is 0 Å². The Balaban J connectivity index is 1.72. The van der Waals surface area contributed by atoms with E-state index in [0.717, 1.165) is 42.9 Å². The predicted octanol–water partition coefficient (Wildman–Crippen LogP) is 4.36. The maximum Gasteiger partial charge on any atom is 0.309 e. The van der Waals surface area contributed by atoms with Crippen molar-refractivity contribution in [3.8, 4) is 0 Å². The molecule has 0 unspecified atom stereocenters. The zero-order valence-electron chi connectivity index (χ0n) is 17.2. The van der Waals surface area contributed by atoms with Gasteiger partial charge < -0.3 is 14.5 Å². The van der Waals surface area contributed by atoms with E-state index in [4.69, 9.17) is 17.0 Å². The molecule has 1 aromatic carbocycles. The second-order valence-electron chi connectivity index (χ2n) is 8.57. The molecule has 1 aromatic rings. The van der Waals surface area contributed by atoms with Gasteiger partial charge in [0.1, 0.15) is 4.99 Å². The molecule has 27 heavy (non-hydrogen) atoms. The Bertz CT molecular complexity index is 723. The third-order valence-corrected chi connectivity index (χ3v) is 6.78. The summed E-state index contributed by atoms with van der Waals surface area (Å²) in [5.41, 5.74) is 3.99. The molecule has 2 heterocycles. The van der Waals surface area contributed by atoms with E-state index >= 15 is 0 Å². The van der Waals surface area contributed by atoms with E-state index in [9.17, 15) is 4.79 Å². The number of hydrogen-bond donors (Lipinski definition) is 0. The lowest BCUT2D eigenvalue weighted by Gasteiger charge is -2.45. The average Bonchev–Trinajstić information content (AvgIpc) is 2.65. The van der Waals surface area contributed by atoms with Crippen molar-refractivity contribution in [1.82, 2.24) is 4.90 Å². The summed E-state index contributed by atoms with van der Waals surface area (Å²) in [6.45, 7) is 10.9. The molecule has 3 rings (SSSR count). The molecule has 2 aliphatic heterocycles. The summed E-state index contributed by atoms with van der Waals surface area (Å²) in [4.78, 5) is 17.5. The van der Waals surface area contributed by atoms with Gasteiger partial charge in [-0.2, -0.15) is 0 Å². The minimum atomic E-state index is -0.0590. The molecule has 0 bridgehead atoms. The van der Waals surface area contributed by atoms with Crippen LogP contribution in [0.25, 0.3) is 0 Å². The van der Waals surface area contributed by atoms with Gasteiger partial charge in [-0.05, 0) is 69.7 Å². The van der Waals surface area contributed by atoms with Crippen molar-refractivity contribution < 1.29 is 9.53 Å². The molecule has 1 saturated heterocycles. The van der Waals surface area contributed by atoms with Crippen LogP contribution in [0.15, 0.2) is 18.2 Å². The van der Waals surface area contributed by atoms with E-state index < -0.39 is 0 Å². The zero-order chi connectivity index (χ0) is 19.8. The molecule has 1 fully saturated rings. The van der Waals surface area contributed by atoms with Crippen molar-refractivity contribution in [2.45, 2.75) is 58.4 Å². The summed E-state index contributed by atoms with van der Waals surface area (Å²) in [6, 6.07) is 6.66. The molecule has 0 spiro atoms. The van der Waals surface area contributed by atoms with E-state index in [2.05, 4.69) is 55.8 Å². The number of esters is 1. The number of rotatable bonds is 3. The number of hydrogen-bond acceptors (Lipinski definition) is 4. The summed E-state index contributed by atoms with van der Waals surface area (Å²) >= 11 is 5.81. The van der Waals surface area contributed by atoms with Crippen molar-refractivity contribution in [3.05, 3.63) is 29.3 Å². The van der Waals surface area contributed by atoms with E-state index in [-0.39, 0.29) is 17.4 Å². The van der Waals surface area contributed by atoms with Gasteiger partial charge in [0, 0.05) is 36.9 Å². The first-order valence-electron chi connectivity index (χ1n) is 10.1. The Kier molecular flexibility index (Phi) is 5.80. The third kappa shape index (κ3) is 3.98. The second kappa shape index (κ2) is 7.78.